The number of carbonyl (C=O) groups excluding carboxylic acids is 1. The van der Waals surface area contributed by atoms with Crippen molar-refractivity contribution in [3.8, 4) is 0 Å². The van der Waals surface area contributed by atoms with Gasteiger partial charge < -0.3 is 9.80 Å². The molecule has 0 bridgehead atoms. The predicted octanol–water partition coefficient (Wildman–Crippen LogP) is 4.23. The number of alkyl halides is 3. The fourth-order valence-corrected chi connectivity index (χ4v) is 3.19. The molecule has 1 atom stereocenters. The number of benzene rings is 2. The number of hydrogen-bond donors (Lipinski definition) is 0. The van der Waals surface area contributed by atoms with Gasteiger partial charge in [-0.15, -0.1) is 0 Å². The number of likely N-dealkylation sites (N-methyl/N-ethyl adjacent to an activating group) is 1. The minimum atomic E-state index is -4.36. The van der Waals surface area contributed by atoms with Crippen LogP contribution in [0.25, 0.3) is 6.08 Å². The number of hydrogen-bond acceptors (Lipinski definition) is 2. The predicted molar refractivity (Wildman–Crippen MR) is 98.9 cm³/mol. The highest BCUT2D eigenvalue weighted by Gasteiger charge is 2.30. The van der Waals surface area contributed by atoms with Gasteiger partial charge in [-0.25, -0.2) is 0 Å². The van der Waals surface area contributed by atoms with Crippen LogP contribution in [0.3, 0.4) is 0 Å². The van der Waals surface area contributed by atoms with Crippen LogP contribution in [-0.4, -0.2) is 42.4 Å². The van der Waals surface area contributed by atoms with Crippen LogP contribution in [0.15, 0.2) is 60.7 Å². The average molecular weight is 374 g/mol. The average Bonchev–Trinajstić information content (AvgIpc) is 2.66. The van der Waals surface area contributed by atoms with Crippen LogP contribution in [0.4, 0.5) is 13.2 Å². The summed E-state index contributed by atoms with van der Waals surface area (Å²) in [5.74, 6) is -0.142. The van der Waals surface area contributed by atoms with Crippen LogP contribution in [0.1, 0.15) is 22.7 Å². The second-order valence-electron chi connectivity index (χ2n) is 6.67. The van der Waals surface area contributed by atoms with E-state index in [1.54, 1.807) is 6.08 Å². The summed E-state index contributed by atoms with van der Waals surface area (Å²) in [4.78, 5) is 16.7. The molecule has 2 aromatic rings. The molecule has 1 saturated heterocycles. The van der Waals surface area contributed by atoms with Gasteiger partial charge in [0.15, 0.2) is 0 Å². The molecule has 1 fully saturated rings. The highest BCUT2D eigenvalue weighted by molar-refractivity contribution is 5.92. The van der Waals surface area contributed by atoms with E-state index in [2.05, 4.69) is 4.90 Å². The highest BCUT2D eigenvalue weighted by Crippen LogP contribution is 2.29. The van der Waals surface area contributed by atoms with E-state index >= 15 is 0 Å². The maximum atomic E-state index is 12.7. The molecule has 0 unspecified atom stereocenters. The maximum absolute atomic E-state index is 12.7. The van der Waals surface area contributed by atoms with Crippen molar-refractivity contribution in [1.29, 1.82) is 0 Å². The molecule has 2 aromatic carbocycles. The van der Waals surface area contributed by atoms with Gasteiger partial charge in [-0.05, 0) is 36.4 Å². The number of amides is 1. The molecule has 1 aliphatic rings. The van der Waals surface area contributed by atoms with Crippen LogP contribution in [-0.2, 0) is 11.0 Å². The largest absolute Gasteiger partial charge is 0.416 e. The van der Waals surface area contributed by atoms with Crippen molar-refractivity contribution in [2.45, 2.75) is 12.2 Å². The molecule has 3 nitrogen and oxygen atoms in total. The summed E-state index contributed by atoms with van der Waals surface area (Å²) in [7, 11) is 2.02. The van der Waals surface area contributed by atoms with Crippen molar-refractivity contribution in [3.05, 3.63) is 77.4 Å². The first-order chi connectivity index (χ1) is 12.8. The number of nitrogens with zero attached hydrogens (tertiary/aromatic N) is 2. The zero-order chi connectivity index (χ0) is 19.4. The van der Waals surface area contributed by atoms with Crippen LogP contribution in [0.5, 0.6) is 0 Å². The van der Waals surface area contributed by atoms with E-state index in [4.69, 9.17) is 0 Å². The minimum Gasteiger partial charge on any atom is -0.330 e. The van der Waals surface area contributed by atoms with Gasteiger partial charge in [0, 0.05) is 25.7 Å². The van der Waals surface area contributed by atoms with E-state index in [0.717, 1.165) is 30.8 Å². The molecule has 3 rings (SSSR count). The first kappa shape index (κ1) is 19.2. The fraction of sp³-hybridized carbons (Fsp3) is 0.286. The van der Waals surface area contributed by atoms with E-state index < -0.39 is 11.7 Å². The van der Waals surface area contributed by atoms with E-state index in [9.17, 15) is 18.0 Å². The Hall–Kier alpha value is -2.60. The Balaban J connectivity index is 1.74. The Morgan fingerprint density at radius 3 is 2.33 bits per heavy atom. The fourth-order valence-electron chi connectivity index (χ4n) is 3.19. The number of piperazine rings is 1. The van der Waals surface area contributed by atoms with Gasteiger partial charge in [0.25, 0.3) is 0 Å². The molecule has 0 aromatic heterocycles. The molecule has 142 valence electrons. The molecule has 6 heteroatoms. The number of rotatable bonds is 3. The molecule has 0 N–H and O–H groups in total. The summed E-state index contributed by atoms with van der Waals surface area (Å²) < 4.78 is 37.9. The maximum Gasteiger partial charge on any atom is 0.416 e. The second-order valence-corrected chi connectivity index (χ2v) is 6.67. The second kappa shape index (κ2) is 7.96. The summed E-state index contributed by atoms with van der Waals surface area (Å²) in [5, 5.41) is 0. The Kier molecular flexibility index (Phi) is 5.65. The van der Waals surface area contributed by atoms with Crippen molar-refractivity contribution in [1.82, 2.24) is 9.80 Å². The lowest BCUT2D eigenvalue weighted by molar-refractivity contribution is -0.137. The van der Waals surface area contributed by atoms with E-state index in [1.807, 2.05) is 42.3 Å². The van der Waals surface area contributed by atoms with Crippen molar-refractivity contribution in [2.24, 2.45) is 0 Å². The van der Waals surface area contributed by atoms with Crippen molar-refractivity contribution < 1.29 is 18.0 Å². The van der Waals surface area contributed by atoms with E-state index in [0.29, 0.717) is 12.1 Å². The first-order valence-corrected chi connectivity index (χ1v) is 8.74. The molecule has 1 heterocycles. The molecule has 0 aliphatic carbocycles. The van der Waals surface area contributed by atoms with Gasteiger partial charge in [-0.1, -0.05) is 42.5 Å². The highest BCUT2D eigenvalue weighted by atomic mass is 19.4. The lowest BCUT2D eigenvalue weighted by Gasteiger charge is -2.40. The summed E-state index contributed by atoms with van der Waals surface area (Å²) in [5.41, 5.74) is 0.927. The third-order valence-corrected chi connectivity index (χ3v) is 4.71. The third kappa shape index (κ3) is 4.77. The van der Waals surface area contributed by atoms with E-state index in [-0.39, 0.29) is 11.9 Å². The Morgan fingerprint density at radius 1 is 1.04 bits per heavy atom. The zero-order valence-corrected chi connectivity index (χ0v) is 15.0. The minimum absolute atomic E-state index is 0.0466. The van der Waals surface area contributed by atoms with E-state index in [1.165, 1.54) is 18.2 Å². The normalized spacial score (nSPS) is 18.8. The van der Waals surface area contributed by atoms with Gasteiger partial charge in [0.2, 0.25) is 5.91 Å². The lowest BCUT2D eigenvalue weighted by atomic mass is 10.0. The SMILES string of the molecule is CN1CCN(C(=O)/C=C\c2ccc(C(F)(F)F)cc2)[C@H](c2ccccc2)C1. The quantitative estimate of drug-likeness (QED) is 0.751. The van der Waals surface area contributed by atoms with Gasteiger partial charge in [0.05, 0.1) is 11.6 Å². The van der Waals surface area contributed by atoms with Gasteiger partial charge in [0.1, 0.15) is 0 Å². The standard InChI is InChI=1S/C21H21F3N2O/c1-25-13-14-26(19(15-25)17-5-3-2-4-6-17)20(27)12-9-16-7-10-18(11-8-16)21(22,23)24/h2-12,19H,13-15H2,1H3/b12-9-/t19-/m0/s1. The Labute approximate surface area is 156 Å². The molecule has 1 amide bonds. The number of carbonyl (C=O) groups is 1. The first-order valence-electron chi connectivity index (χ1n) is 8.74. The van der Waals surface area contributed by atoms with Crippen molar-refractivity contribution in [2.75, 3.05) is 26.7 Å². The Bertz CT molecular complexity index is 800. The summed E-state index contributed by atoms with van der Waals surface area (Å²) in [6, 6.07) is 14.6. The van der Waals surface area contributed by atoms with Crippen LogP contribution >= 0.6 is 0 Å². The molecule has 1 aliphatic heterocycles. The monoisotopic (exact) mass is 374 g/mol. The molecule has 0 radical (unpaired) electrons. The van der Waals surface area contributed by atoms with Crippen molar-refractivity contribution >= 4 is 12.0 Å². The molecular weight excluding hydrogens is 353 g/mol. The summed E-state index contributed by atoms with van der Waals surface area (Å²) >= 11 is 0. The van der Waals surface area contributed by atoms with Gasteiger partial charge in [-0.3, -0.25) is 4.79 Å². The van der Waals surface area contributed by atoms with Crippen molar-refractivity contribution in [3.63, 3.8) is 0 Å². The lowest BCUT2D eigenvalue weighted by Crippen LogP contribution is -2.48. The Morgan fingerprint density at radius 2 is 1.70 bits per heavy atom. The summed E-state index contributed by atoms with van der Waals surface area (Å²) in [6.45, 7) is 2.12. The van der Waals surface area contributed by atoms with Gasteiger partial charge >= 0.3 is 6.18 Å². The van der Waals surface area contributed by atoms with Crippen LogP contribution < -0.4 is 0 Å². The van der Waals surface area contributed by atoms with Crippen LogP contribution in [0, 0.1) is 0 Å². The van der Waals surface area contributed by atoms with Gasteiger partial charge in [-0.2, -0.15) is 13.2 Å². The topological polar surface area (TPSA) is 23.6 Å². The molecule has 0 saturated carbocycles. The number of halogens is 3. The zero-order valence-electron chi connectivity index (χ0n) is 15.0. The molecular formula is C21H21F3N2O. The molecule has 27 heavy (non-hydrogen) atoms. The smallest absolute Gasteiger partial charge is 0.330 e. The van der Waals surface area contributed by atoms with Crippen LogP contribution in [0.2, 0.25) is 0 Å². The third-order valence-electron chi connectivity index (χ3n) is 4.71. The molecule has 0 spiro atoms. The summed E-state index contributed by atoms with van der Waals surface area (Å²) in [6.07, 6.45) is -1.37.